The molecule has 3 heteroatoms. The van der Waals surface area contributed by atoms with E-state index in [-0.39, 0.29) is 0 Å². The van der Waals surface area contributed by atoms with Crippen molar-refractivity contribution < 1.29 is 0 Å². The topological polar surface area (TPSA) is 27.0 Å². The Labute approximate surface area is 110 Å². The summed E-state index contributed by atoms with van der Waals surface area (Å²) in [6, 6.07) is 3.10. The lowest BCUT2D eigenvalue weighted by molar-refractivity contribution is 0.191. The zero-order valence-electron chi connectivity index (χ0n) is 10.7. The maximum absolute atomic E-state index is 8.48. The van der Waals surface area contributed by atoms with Crippen molar-refractivity contribution in [3.8, 4) is 6.07 Å². The maximum atomic E-state index is 8.48. The van der Waals surface area contributed by atoms with Crippen LogP contribution in [0.2, 0.25) is 0 Å². The van der Waals surface area contributed by atoms with Crippen LogP contribution >= 0.6 is 11.8 Å². The minimum Gasteiger partial charge on any atom is -0.300 e. The summed E-state index contributed by atoms with van der Waals surface area (Å²) in [5, 5.41) is 8.48. The molecule has 1 saturated carbocycles. The third-order valence-electron chi connectivity index (χ3n) is 4.26. The summed E-state index contributed by atoms with van der Waals surface area (Å²) in [5.41, 5.74) is 0. The largest absolute Gasteiger partial charge is 0.300 e. The van der Waals surface area contributed by atoms with E-state index in [0.717, 1.165) is 17.7 Å². The number of hydrogen-bond acceptors (Lipinski definition) is 3. The Bertz CT molecular complexity index is 255. The molecule has 96 valence electrons. The van der Waals surface area contributed by atoms with Gasteiger partial charge in [0.15, 0.2) is 0 Å². The first-order chi connectivity index (χ1) is 8.42. The fourth-order valence-corrected chi connectivity index (χ4v) is 4.06. The molecule has 0 aromatic heterocycles. The number of hydrogen-bond donors (Lipinski definition) is 0. The molecule has 2 rings (SSSR count). The number of likely N-dealkylation sites (tertiary alicyclic amines) is 1. The smallest absolute Gasteiger partial charge is 0.0808 e. The van der Waals surface area contributed by atoms with Gasteiger partial charge < -0.3 is 4.90 Å². The van der Waals surface area contributed by atoms with Crippen LogP contribution in [0.15, 0.2) is 0 Å². The van der Waals surface area contributed by atoms with Crippen LogP contribution in [-0.2, 0) is 0 Å². The van der Waals surface area contributed by atoms with E-state index in [9.17, 15) is 0 Å². The molecular weight excluding hydrogens is 228 g/mol. The van der Waals surface area contributed by atoms with Gasteiger partial charge in [0.1, 0.15) is 0 Å². The molecule has 0 spiro atoms. The average Bonchev–Trinajstić information content (AvgIpc) is 2.98. The summed E-state index contributed by atoms with van der Waals surface area (Å²) < 4.78 is 0. The maximum Gasteiger partial charge on any atom is 0.0808 e. The Morgan fingerprint density at radius 1 is 1.18 bits per heavy atom. The summed E-state index contributed by atoms with van der Waals surface area (Å²) in [6.45, 7) is 2.59. The fourth-order valence-electron chi connectivity index (χ4n) is 3.49. The molecular formula is C14H24N2S. The molecule has 0 bridgehead atoms. The van der Waals surface area contributed by atoms with Crippen LogP contribution < -0.4 is 0 Å². The normalized spacial score (nSPS) is 26.4. The standard InChI is InChI=1S/C14H24N2S/c15-8-12-17-11-4-10-16-9-3-7-14(16)13-5-1-2-6-13/h13-14H,1-7,9-12H2/t14-/m1/s1. The van der Waals surface area contributed by atoms with E-state index < -0.39 is 0 Å². The monoisotopic (exact) mass is 252 g/mol. The molecule has 1 atom stereocenters. The Hall–Kier alpha value is -0.200. The van der Waals surface area contributed by atoms with E-state index in [2.05, 4.69) is 11.0 Å². The van der Waals surface area contributed by atoms with E-state index in [1.54, 1.807) is 11.8 Å². The summed E-state index contributed by atoms with van der Waals surface area (Å²) in [7, 11) is 0. The number of nitriles is 1. The van der Waals surface area contributed by atoms with Crippen molar-refractivity contribution in [3.05, 3.63) is 0 Å². The second kappa shape index (κ2) is 7.28. The van der Waals surface area contributed by atoms with Gasteiger partial charge in [-0.25, -0.2) is 0 Å². The molecule has 0 N–H and O–H groups in total. The Balaban J connectivity index is 1.66. The molecule has 0 aromatic rings. The van der Waals surface area contributed by atoms with Gasteiger partial charge in [-0.1, -0.05) is 12.8 Å². The van der Waals surface area contributed by atoms with Crippen LogP contribution in [0.25, 0.3) is 0 Å². The van der Waals surface area contributed by atoms with Crippen LogP contribution in [0, 0.1) is 17.2 Å². The van der Waals surface area contributed by atoms with E-state index in [1.807, 2.05) is 0 Å². The summed E-state index contributed by atoms with van der Waals surface area (Å²) in [6.07, 6.45) is 9.99. The van der Waals surface area contributed by atoms with Gasteiger partial charge in [0.25, 0.3) is 0 Å². The zero-order chi connectivity index (χ0) is 11.9. The van der Waals surface area contributed by atoms with Gasteiger partial charge >= 0.3 is 0 Å². The van der Waals surface area contributed by atoms with Crippen LogP contribution in [0.5, 0.6) is 0 Å². The van der Waals surface area contributed by atoms with Gasteiger partial charge in [0, 0.05) is 6.04 Å². The fraction of sp³-hybridized carbons (Fsp3) is 0.929. The van der Waals surface area contributed by atoms with E-state index in [0.29, 0.717) is 5.75 Å². The van der Waals surface area contributed by atoms with Gasteiger partial charge in [0.2, 0.25) is 0 Å². The molecule has 0 amide bonds. The highest BCUT2D eigenvalue weighted by molar-refractivity contribution is 7.99. The lowest BCUT2D eigenvalue weighted by atomic mass is 9.96. The molecule has 17 heavy (non-hydrogen) atoms. The molecule has 2 fully saturated rings. The zero-order valence-corrected chi connectivity index (χ0v) is 11.6. The Kier molecular flexibility index (Phi) is 5.67. The molecule has 2 aliphatic rings. The van der Waals surface area contributed by atoms with Gasteiger partial charge in [-0.15, -0.1) is 11.8 Å². The predicted octanol–water partition coefficient (Wildman–Crippen LogP) is 3.29. The highest BCUT2D eigenvalue weighted by Crippen LogP contribution is 2.35. The Morgan fingerprint density at radius 3 is 2.76 bits per heavy atom. The Morgan fingerprint density at radius 2 is 2.00 bits per heavy atom. The van der Waals surface area contributed by atoms with E-state index in [4.69, 9.17) is 5.26 Å². The predicted molar refractivity (Wildman–Crippen MR) is 74.1 cm³/mol. The first-order valence-corrected chi connectivity index (χ1v) is 8.26. The number of thioether (sulfide) groups is 1. The second-order valence-electron chi connectivity index (χ2n) is 5.35. The molecule has 0 radical (unpaired) electrons. The number of nitrogens with zero attached hydrogens (tertiary/aromatic N) is 2. The molecule has 1 heterocycles. The first kappa shape index (κ1) is 13.2. The van der Waals surface area contributed by atoms with Gasteiger partial charge in [-0.05, 0) is 56.9 Å². The lowest BCUT2D eigenvalue weighted by Crippen LogP contribution is -2.35. The van der Waals surface area contributed by atoms with Crippen LogP contribution in [0.4, 0.5) is 0 Å². The summed E-state index contributed by atoms with van der Waals surface area (Å²) in [5.74, 6) is 2.82. The van der Waals surface area contributed by atoms with Crippen LogP contribution in [-0.4, -0.2) is 35.5 Å². The molecule has 0 unspecified atom stereocenters. The second-order valence-corrected chi connectivity index (χ2v) is 6.46. The van der Waals surface area contributed by atoms with Crippen molar-refractivity contribution in [2.24, 2.45) is 5.92 Å². The molecule has 1 aliphatic heterocycles. The highest BCUT2D eigenvalue weighted by Gasteiger charge is 2.32. The van der Waals surface area contributed by atoms with Crippen molar-refractivity contribution in [1.82, 2.24) is 4.90 Å². The lowest BCUT2D eigenvalue weighted by Gasteiger charge is -2.29. The van der Waals surface area contributed by atoms with Crippen LogP contribution in [0.3, 0.4) is 0 Å². The van der Waals surface area contributed by atoms with Crippen molar-refractivity contribution in [1.29, 1.82) is 5.26 Å². The highest BCUT2D eigenvalue weighted by atomic mass is 32.2. The molecule has 1 aliphatic carbocycles. The molecule has 2 nitrogen and oxygen atoms in total. The molecule has 0 aromatic carbocycles. The van der Waals surface area contributed by atoms with Crippen molar-refractivity contribution in [2.45, 2.75) is 51.0 Å². The molecule has 1 saturated heterocycles. The van der Waals surface area contributed by atoms with Crippen LogP contribution in [0.1, 0.15) is 44.9 Å². The quantitative estimate of drug-likeness (QED) is 0.679. The minimum atomic E-state index is 0.659. The third-order valence-corrected chi connectivity index (χ3v) is 5.17. The minimum absolute atomic E-state index is 0.659. The van der Waals surface area contributed by atoms with Crippen molar-refractivity contribution in [2.75, 3.05) is 24.6 Å². The van der Waals surface area contributed by atoms with Gasteiger partial charge in [-0.3, -0.25) is 0 Å². The van der Waals surface area contributed by atoms with Crippen molar-refractivity contribution in [3.63, 3.8) is 0 Å². The first-order valence-electron chi connectivity index (χ1n) is 7.10. The summed E-state index contributed by atoms with van der Waals surface area (Å²) in [4.78, 5) is 2.74. The van der Waals surface area contributed by atoms with E-state index >= 15 is 0 Å². The SMILES string of the molecule is N#CCSCCCN1CCC[C@@H]1C1CCCC1. The average molecular weight is 252 g/mol. The third kappa shape index (κ3) is 3.89. The van der Waals surface area contributed by atoms with Gasteiger partial charge in [-0.2, -0.15) is 5.26 Å². The van der Waals surface area contributed by atoms with Gasteiger partial charge in [0.05, 0.1) is 11.8 Å². The van der Waals surface area contributed by atoms with Crippen molar-refractivity contribution >= 4 is 11.8 Å². The van der Waals surface area contributed by atoms with E-state index in [1.165, 1.54) is 58.0 Å². The number of rotatable bonds is 6. The summed E-state index contributed by atoms with van der Waals surface area (Å²) >= 11 is 1.78.